The topological polar surface area (TPSA) is 75.7 Å². The van der Waals surface area contributed by atoms with Crippen molar-refractivity contribution in [2.75, 3.05) is 13.7 Å². The first kappa shape index (κ1) is 22.2. The van der Waals surface area contributed by atoms with Gasteiger partial charge >= 0.3 is 5.97 Å². The molecule has 1 atom stereocenters. The maximum absolute atomic E-state index is 12.2. The monoisotopic (exact) mass is 442 g/mol. The summed E-state index contributed by atoms with van der Waals surface area (Å²) in [6, 6.07) is 8.29. The molecule has 2 amide bonds. The van der Waals surface area contributed by atoms with Gasteiger partial charge in [0.2, 0.25) is 5.91 Å². The Morgan fingerprint density at radius 2 is 1.96 bits per heavy atom. The lowest BCUT2D eigenvalue weighted by atomic mass is 10.1. The van der Waals surface area contributed by atoms with Gasteiger partial charge in [-0.2, -0.15) is 0 Å². The minimum atomic E-state index is -0.566. The van der Waals surface area contributed by atoms with Gasteiger partial charge in [-0.05, 0) is 29.1 Å². The molecule has 0 bridgehead atoms. The molecule has 28 heavy (non-hydrogen) atoms. The number of carbonyl (C=O) groups excluding carboxylic acids is 3. The first-order chi connectivity index (χ1) is 13.3. The minimum absolute atomic E-state index is 0.0517. The molecule has 0 saturated heterocycles. The highest BCUT2D eigenvalue weighted by atomic mass is 35.5. The zero-order valence-corrected chi connectivity index (χ0v) is 17.7. The minimum Gasteiger partial charge on any atom is -0.455 e. The molecule has 1 heterocycles. The standard InChI is InChI=1S/C19H20Cl2N2O4S/c1-12(24)22-16(17-4-3-7-28-17)9-19(26)27-11-18(25)23(2)10-13-5-6-14(20)15(21)8-13/h3-8,16H,9-11H2,1-2H3,(H,22,24). The molecule has 0 fully saturated rings. The second kappa shape index (κ2) is 10.5. The van der Waals surface area contributed by atoms with Gasteiger partial charge in [-0.3, -0.25) is 14.4 Å². The van der Waals surface area contributed by atoms with E-state index in [0.717, 1.165) is 10.4 Å². The van der Waals surface area contributed by atoms with Crippen molar-refractivity contribution in [2.24, 2.45) is 0 Å². The predicted octanol–water partition coefficient (Wildman–Crippen LogP) is 3.82. The normalized spacial score (nSPS) is 11.6. The SMILES string of the molecule is CC(=O)NC(CC(=O)OCC(=O)N(C)Cc1ccc(Cl)c(Cl)c1)c1cccs1. The molecule has 6 nitrogen and oxygen atoms in total. The van der Waals surface area contributed by atoms with Crippen molar-refractivity contribution < 1.29 is 19.1 Å². The number of rotatable bonds is 8. The number of carbonyl (C=O) groups is 3. The third-order valence-electron chi connectivity index (χ3n) is 3.82. The van der Waals surface area contributed by atoms with Gasteiger partial charge in [-0.1, -0.05) is 35.3 Å². The van der Waals surface area contributed by atoms with E-state index in [1.54, 1.807) is 25.2 Å². The van der Waals surface area contributed by atoms with Crippen molar-refractivity contribution in [3.8, 4) is 0 Å². The summed E-state index contributed by atoms with van der Waals surface area (Å²) in [6.07, 6.45) is -0.0517. The molecule has 150 valence electrons. The van der Waals surface area contributed by atoms with Crippen molar-refractivity contribution in [2.45, 2.75) is 25.9 Å². The van der Waals surface area contributed by atoms with Crippen LogP contribution in [0.4, 0.5) is 0 Å². The number of thiophene rings is 1. The van der Waals surface area contributed by atoms with Gasteiger partial charge in [0.25, 0.3) is 5.91 Å². The quantitative estimate of drug-likeness (QED) is 0.630. The lowest BCUT2D eigenvalue weighted by molar-refractivity contribution is -0.152. The van der Waals surface area contributed by atoms with Crippen LogP contribution in [0.2, 0.25) is 10.0 Å². The van der Waals surface area contributed by atoms with E-state index in [4.69, 9.17) is 27.9 Å². The Bertz CT molecular complexity index is 842. The number of ether oxygens (including phenoxy) is 1. The number of esters is 1. The number of nitrogens with zero attached hydrogens (tertiary/aromatic N) is 1. The van der Waals surface area contributed by atoms with Crippen LogP contribution < -0.4 is 5.32 Å². The molecule has 1 unspecified atom stereocenters. The first-order valence-electron chi connectivity index (χ1n) is 8.40. The summed E-state index contributed by atoms with van der Waals surface area (Å²) in [7, 11) is 1.60. The first-order valence-corrected chi connectivity index (χ1v) is 10.0. The van der Waals surface area contributed by atoms with Gasteiger partial charge < -0.3 is 15.0 Å². The molecule has 0 saturated carbocycles. The molecule has 2 aromatic rings. The number of halogens is 2. The van der Waals surface area contributed by atoms with Crippen LogP contribution in [0.15, 0.2) is 35.7 Å². The Labute approximate surface area is 177 Å². The van der Waals surface area contributed by atoms with E-state index in [0.29, 0.717) is 16.6 Å². The van der Waals surface area contributed by atoms with Gasteiger partial charge in [0.15, 0.2) is 6.61 Å². The van der Waals surface area contributed by atoms with E-state index in [-0.39, 0.29) is 24.8 Å². The van der Waals surface area contributed by atoms with Crippen molar-refractivity contribution in [1.82, 2.24) is 10.2 Å². The lowest BCUT2D eigenvalue weighted by Gasteiger charge is -2.19. The van der Waals surface area contributed by atoms with Gasteiger partial charge in [0, 0.05) is 25.4 Å². The van der Waals surface area contributed by atoms with Crippen LogP contribution in [0.3, 0.4) is 0 Å². The van der Waals surface area contributed by atoms with E-state index in [1.165, 1.54) is 23.2 Å². The van der Waals surface area contributed by atoms with Crippen LogP contribution in [-0.4, -0.2) is 36.3 Å². The largest absolute Gasteiger partial charge is 0.455 e. The fourth-order valence-electron chi connectivity index (χ4n) is 2.44. The number of hydrogen-bond donors (Lipinski definition) is 1. The van der Waals surface area contributed by atoms with Crippen LogP contribution in [-0.2, 0) is 25.7 Å². The number of nitrogens with one attached hydrogen (secondary N) is 1. The Morgan fingerprint density at radius 1 is 1.21 bits per heavy atom. The summed E-state index contributed by atoms with van der Waals surface area (Å²) in [5, 5.41) is 5.42. The Hall–Kier alpha value is -2.09. The highest BCUT2D eigenvalue weighted by Crippen LogP contribution is 2.24. The summed E-state index contributed by atoms with van der Waals surface area (Å²) in [6.45, 7) is 1.30. The van der Waals surface area contributed by atoms with Crippen LogP contribution in [0, 0.1) is 0 Å². The van der Waals surface area contributed by atoms with Crippen LogP contribution in [0.5, 0.6) is 0 Å². The van der Waals surface area contributed by atoms with E-state index < -0.39 is 12.0 Å². The highest BCUT2D eigenvalue weighted by molar-refractivity contribution is 7.10. The molecule has 0 radical (unpaired) electrons. The number of likely N-dealkylation sites (N-methyl/N-ethyl adjacent to an activating group) is 1. The maximum atomic E-state index is 12.2. The smallest absolute Gasteiger partial charge is 0.308 e. The van der Waals surface area contributed by atoms with E-state index >= 15 is 0 Å². The summed E-state index contributed by atoms with van der Waals surface area (Å²) in [5.41, 5.74) is 0.806. The van der Waals surface area contributed by atoms with Crippen molar-refractivity contribution >= 4 is 52.3 Å². The maximum Gasteiger partial charge on any atom is 0.308 e. The second-order valence-corrected chi connectivity index (χ2v) is 7.93. The van der Waals surface area contributed by atoms with Crippen LogP contribution in [0.25, 0.3) is 0 Å². The summed E-state index contributed by atoms with van der Waals surface area (Å²) in [4.78, 5) is 38.0. The average molecular weight is 443 g/mol. The van der Waals surface area contributed by atoms with Crippen molar-refractivity contribution in [3.63, 3.8) is 0 Å². The number of hydrogen-bond acceptors (Lipinski definition) is 5. The van der Waals surface area contributed by atoms with Gasteiger partial charge in [-0.15, -0.1) is 11.3 Å². The Morgan fingerprint density at radius 3 is 2.57 bits per heavy atom. The Balaban J connectivity index is 1.85. The third kappa shape index (κ3) is 6.82. The molecule has 1 aromatic carbocycles. The third-order valence-corrected chi connectivity index (χ3v) is 5.55. The van der Waals surface area contributed by atoms with Crippen molar-refractivity contribution in [3.05, 3.63) is 56.2 Å². The molecule has 0 aliphatic heterocycles. The zero-order chi connectivity index (χ0) is 20.7. The van der Waals surface area contributed by atoms with Gasteiger partial charge in [0.05, 0.1) is 22.5 Å². The van der Waals surface area contributed by atoms with Crippen molar-refractivity contribution in [1.29, 1.82) is 0 Å². The summed E-state index contributed by atoms with van der Waals surface area (Å²) >= 11 is 13.3. The zero-order valence-electron chi connectivity index (χ0n) is 15.4. The molecular formula is C19H20Cl2N2O4S. The number of benzene rings is 1. The van der Waals surface area contributed by atoms with Crippen LogP contribution in [0.1, 0.15) is 29.8 Å². The molecule has 1 aromatic heterocycles. The number of amides is 2. The fourth-order valence-corrected chi connectivity index (χ4v) is 3.53. The highest BCUT2D eigenvalue weighted by Gasteiger charge is 2.20. The Kier molecular flexibility index (Phi) is 8.29. The van der Waals surface area contributed by atoms with E-state index in [9.17, 15) is 14.4 Å². The lowest BCUT2D eigenvalue weighted by Crippen LogP contribution is -2.32. The average Bonchev–Trinajstić information content (AvgIpc) is 3.16. The molecule has 9 heteroatoms. The molecule has 0 aliphatic carbocycles. The molecule has 2 rings (SSSR count). The molecule has 0 spiro atoms. The van der Waals surface area contributed by atoms with E-state index in [2.05, 4.69) is 5.32 Å². The summed E-state index contributed by atoms with van der Waals surface area (Å²) < 4.78 is 5.09. The predicted molar refractivity (Wildman–Crippen MR) is 109 cm³/mol. The fraction of sp³-hybridized carbons (Fsp3) is 0.316. The summed E-state index contributed by atoms with van der Waals surface area (Å²) in [5.74, 6) is -1.17. The molecule has 1 N–H and O–H groups in total. The van der Waals surface area contributed by atoms with E-state index in [1.807, 2.05) is 17.5 Å². The van der Waals surface area contributed by atoms with Crippen LogP contribution >= 0.6 is 34.5 Å². The van der Waals surface area contributed by atoms with Gasteiger partial charge in [0.1, 0.15) is 0 Å². The van der Waals surface area contributed by atoms with Gasteiger partial charge in [-0.25, -0.2) is 0 Å². The molecule has 0 aliphatic rings. The molecular weight excluding hydrogens is 423 g/mol. The second-order valence-electron chi connectivity index (χ2n) is 6.13.